The maximum Gasteiger partial charge on any atom is 0.236 e. The molecule has 0 aromatic heterocycles. The average molecular weight is 318 g/mol. The molecule has 1 amide bonds. The summed E-state index contributed by atoms with van der Waals surface area (Å²) < 4.78 is 26.5. The smallest absolute Gasteiger partial charge is 0.236 e. The molecule has 5 heteroatoms. The summed E-state index contributed by atoms with van der Waals surface area (Å²) in [4.78, 5) is 15.6. The van der Waals surface area contributed by atoms with Crippen molar-refractivity contribution in [1.29, 1.82) is 0 Å². The van der Waals surface area contributed by atoms with Crippen LogP contribution in [0.3, 0.4) is 0 Å². The van der Waals surface area contributed by atoms with E-state index in [0.29, 0.717) is 18.7 Å². The van der Waals surface area contributed by atoms with Crippen LogP contribution in [0.1, 0.15) is 11.1 Å². The van der Waals surface area contributed by atoms with Crippen LogP contribution in [0.5, 0.6) is 0 Å². The van der Waals surface area contributed by atoms with Crippen LogP contribution in [-0.2, 0) is 17.9 Å². The van der Waals surface area contributed by atoms with Crippen molar-refractivity contribution in [2.24, 2.45) is 0 Å². The van der Waals surface area contributed by atoms with Gasteiger partial charge >= 0.3 is 0 Å². The summed E-state index contributed by atoms with van der Waals surface area (Å²) >= 11 is 0. The third-order valence-electron chi connectivity index (χ3n) is 3.56. The van der Waals surface area contributed by atoms with Gasteiger partial charge < -0.3 is 4.90 Å². The Morgan fingerprint density at radius 2 is 1.61 bits per heavy atom. The quantitative estimate of drug-likeness (QED) is 0.817. The van der Waals surface area contributed by atoms with Gasteiger partial charge in [0.15, 0.2) is 0 Å². The highest BCUT2D eigenvalue weighted by Gasteiger charge is 2.13. The summed E-state index contributed by atoms with van der Waals surface area (Å²) in [6.45, 7) is 0.960. The van der Waals surface area contributed by atoms with E-state index in [1.807, 2.05) is 0 Å². The molecule has 0 unspecified atom stereocenters. The van der Waals surface area contributed by atoms with Gasteiger partial charge in [-0.2, -0.15) is 0 Å². The first kappa shape index (κ1) is 17.1. The molecule has 2 aromatic carbocycles. The Labute approximate surface area is 135 Å². The molecule has 122 valence electrons. The number of likely N-dealkylation sites (N-methyl/N-ethyl adjacent to an activating group) is 2. The molecule has 0 spiro atoms. The minimum absolute atomic E-state index is 0.0758. The Kier molecular flexibility index (Phi) is 5.82. The van der Waals surface area contributed by atoms with Gasteiger partial charge in [-0.05, 0) is 30.8 Å². The summed E-state index contributed by atoms with van der Waals surface area (Å²) in [7, 11) is 3.47. The van der Waals surface area contributed by atoms with E-state index in [4.69, 9.17) is 0 Å². The maximum absolute atomic E-state index is 13.6. The van der Waals surface area contributed by atoms with Crippen LogP contribution in [0.15, 0.2) is 48.5 Å². The molecule has 0 atom stereocenters. The number of halogens is 2. The van der Waals surface area contributed by atoms with E-state index in [9.17, 15) is 13.6 Å². The Morgan fingerprint density at radius 1 is 0.957 bits per heavy atom. The molecule has 0 radical (unpaired) electrons. The molecule has 0 saturated heterocycles. The zero-order chi connectivity index (χ0) is 16.8. The third kappa shape index (κ3) is 5.14. The first-order valence-corrected chi connectivity index (χ1v) is 7.36. The number of carbonyl (C=O) groups is 1. The minimum atomic E-state index is -0.299. The number of nitrogens with zero attached hydrogens (tertiary/aromatic N) is 2. The van der Waals surface area contributed by atoms with E-state index in [1.54, 1.807) is 54.2 Å². The van der Waals surface area contributed by atoms with Gasteiger partial charge in [0.25, 0.3) is 0 Å². The number of hydrogen-bond acceptors (Lipinski definition) is 2. The number of rotatable bonds is 6. The van der Waals surface area contributed by atoms with Gasteiger partial charge in [-0.1, -0.05) is 30.3 Å². The molecule has 0 aliphatic heterocycles. The van der Waals surface area contributed by atoms with E-state index >= 15 is 0 Å². The first-order valence-electron chi connectivity index (χ1n) is 7.36. The first-order chi connectivity index (χ1) is 11.0. The number of amides is 1. The van der Waals surface area contributed by atoms with Gasteiger partial charge in [0.1, 0.15) is 11.6 Å². The fourth-order valence-electron chi connectivity index (χ4n) is 2.28. The molecule has 0 bridgehead atoms. The van der Waals surface area contributed by atoms with Crippen molar-refractivity contribution in [2.75, 3.05) is 20.6 Å². The highest BCUT2D eigenvalue weighted by Crippen LogP contribution is 2.10. The van der Waals surface area contributed by atoms with Crippen molar-refractivity contribution >= 4 is 5.91 Å². The van der Waals surface area contributed by atoms with E-state index in [2.05, 4.69) is 0 Å². The van der Waals surface area contributed by atoms with Gasteiger partial charge in [-0.25, -0.2) is 8.78 Å². The van der Waals surface area contributed by atoms with Crippen molar-refractivity contribution in [3.63, 3.8) is 0 Å². The predicted octanol–water partition coefficient (Wildman–Crippen LogP) is 3.06. The molecular formula is C18H20F2N2O. The molecule has 0 fully saturated rings. The van der Waals surface area contributed by atoms with Crippen molar-refractivity contribution < 1.29 is 13.6 Å². The molecule has 0 saturated carbocycles. The van der Waals surface area contributed by atoms with Gasteiger partial charge in [0, 0.05) is 25.7 Å². The zero-order valence-corrected chi connectivity index (χ0v) is 13.3. The molecule has 0 N–H and O–H groups in total. The molecule has 2 rings (SSSR count). The largest absolute Gasteiger partial charge is 0.340 e. The normalized spacial score (nSPS) is 10.8. The Hall–Kier alpha value is -2.27. The van der Waals surface area contributed by atoms with Crippen molar-refractivity contribution in [3.05, 3.63) is 71.3 Å². The highest BCUT2D eigenvalue weighted by molar-refractivity contribution is 5.77. The second-order valence-corrected chi connectivity index (χ2v) is 5.64. The Morgan fingerprint density at radius 3 is 2.26 bits per heavy atom. The van der Waals surface area contributed by atoms with Crippen LogP contribution in [0.4, 0.5) is 8.78 Å². The molecule has 23 heavy (non-hydrogen) atoms. The molecule has 2 aromatic rings. The van der Waals surface area contributed by atoms with Gasteiger partial charge in [-0.15, -0.1) is 0 Å². The second-order valence-electron chi connectivity index (χ2n) is 5.64. The van der Waals surface area contributed by atoms with Gasteiger partial charge in [-0.3, -0.25) is 9.69 Å². The summed E-state index contributed by atoms with van der Waals surface area (Å²) in [6, 6.07) is 12.6. The lowest BCUT2D eigenvalue weighted by Gasteiger charge is -2.22. The molecule has 3 nitrogen and oxygen atoms in total. The molecule has 0 aliphatic carbocycles. The van der Waals surface area contributed by atoms with E-state index in [-0.39, 0.29) is 24.1 Å². The van der Waals surface area contributed by atoms with E-state index in [0.717, 1.165) is 5.56 Å². The molecule has 0 heterocycles. The molecule has 0 aliphatic rings. The summed E-state index contributed by atoms with van der Waals surface area (Å²) in [5, 5.41) is 0. The van der Waals surface area contributed by atoms with Crippen LogP contribution < -0.4 is 0 Å². The Balaban J connectivity index is 1.87. The lowest BCUT2D eigenvalue weighted by Crippen LogP contribution is -2.36. The summed E-state index contributed by atoms with van der Waals surface area (Å²) in [6.07, 6.45) is 0. The lowest BCUT2D eigenvalue weighted by molar-refractivity contribution is -0.131. The highest BCUT2D eigenvalue weighted by atomic mass is 19.1. The third-order valence-corrected chi connectivity index (χ3v) is 3.56. The number of carbonyl (C=O) groups excluding carboxylic acids is 1. The topological polar surface area (TPSA) is 23.6 Å². The fraction of sp³-hybridized carbons (Fsp3) is 0.278. The van der Waals surface area contributed by atoms with Crippen LogP contribution in [0.25, 0.3) is 0 Å². The average Bonchev–Trinajstić information content (AvgIpc) is 2.51. The van der Waals surface area contributed by atoms with Crippen molar-refractivity contribution in [1.82, 2.24) is 9.80 Å². The number of benzene rings is 2. The predicted molar refractivity (Wildman–Crippen MR) is 85.6 cm³/mol. The van der Waals surface area contributed by atoms with Gasteiger partial charge in [0.2, 0.25) is 5.91 Å². The van der Waals surface area contributed by atoms with E-state index in [1.165, 1.54) is 18.2 Å². The van der Waals surface area contributed by atoms with E-state index < -0.39 is 0 Å². The lowest BCUT2D eigenvalue weighted by atomic mass is 10.2. The van der Waals surface area contributed by atoms with Crippen molar-refractivity contribution in [2.45, 2.75) is 13.1 Å². The number of hydrogen-bond donors (Lipinski definition) is 0. The van der Waals surface area contributed by atoms with Crippen molar-refractivity contribution in [3.8, 4) is 0 Å². The summed E-state index contributed by atoms with van der Waals surface area (Å²) in [5.74, 6) is -0.646. The molecular weight excluding hydrogens is 298 g/mol. The van der Waals surface area contributed by atoms with Crippen LogP contribution in [0, 0.1) is 11.6 Å². The van der Waals surface area contributed by atoms with Gasteiger partial charge in [0.05, 0.1) is 6.54 Å². The SMILES string of the molecule is CN(CC(=O)N(C)Cc1ccc(F)cc1)Cc1ccccc1F. The van der Waals surface area contributed by atoms with Crippen LogP contribution >= 0.6 is 0 Å². The van der Waals surface area contributed by atoms with Crippen LogP contribution in [-0.4, -0.2) is 36.3 Å². The van der Waals surface area contributed by atoms with Crippen LogP contribution in [0.2, 0.25) is 0 Å². The monoisotopic (exact) mass is 318 g/mol. The standard InChI is InChI=1S/C18H20F2N2O/c1-21(12-15-5-3-4-6-17(15)20)13-18(23)22(2)11-14-7-9-16(19)10-8-14/h3-10H,11-13H2,1-2H3. The Bertz CT molecular complexity index is 658. The maximum atomic E-state index is 13.6. The minimum Gasteiger partial charge on any atom is -0.340 e. The second kappa shape index (κ2) is 7.83. The summed E-state index contributed by atoms with van der Waals surface area (Å²) in [5.41, 5.74) is 1.42. The zero-order valence-electron chi connectivity index (χ0n) is 13.3. The fourth-order valence-corrected chi connectivity index (χ4v) is 2.28.